The van der Waals surface area contributed by atoms with E-state index >= 15 is 0 Å². The fourth-order valence-electron chi connectivity index (χ4n) is 3.35. The first-order chi connectivity index (χ1) is 14.5. The number of anilines is 1. The molecule has 30 heavy (non-hydrogen) atoms. The topological polar surface area (TPSA) is 85.8 Å². The molecule has 5 rings (SSSR count). The molecule has 3 atom stereocenters. The van der Waals surface area contributed by atoms with E-state index in [1.165, 1.54) is 0 Å². The SMILES string of the molecule is Cc1ccc(-c2noc([C@H]3C[C@@H]3F)n2)cc1NC(=O)c1cnc2n1C=CC(C)C=C2. The van der Waals surface area contributed by atoms with Gasteiger partial charge in [-0.3, -0.25) is 9.36 Å². The molecule has 0 bridgehead atoms. The number of benzene rings is 1. The van der Waals surface area contributed by atoms with Crippen LogP contribution in [0.2, 0.25) is 0 Å². The van der Waals surface area contributed by atoms with Gasteiger partial charge in [0.15, 0.2) is 0 Å². The van der Waals surface area contributed by atoms with Crippen molar-refractivity contribution in [3.8, 4) is 11.4 Å². The summed E-state index contributed by atoms with van der Waals surface area (Å²) < 4.78 is 20.2. The van der Waals surface area contributed by atoms with Crippen LogP contribution >= 0.6 is 0 Å². The molecule has 152 valence electrons. The van der Waals surface area contributed by atoms with E-state index < -0.39 is 6.17 Å². The largest absolute Gasteiger partial charge is 0.339 e. The highest BCUT2D eigenvalue weighted by atomic mass is 19.1. The summed E-state index contributed by atoms with van der Waals surface area (Å²) >= 11 is 0. The Morgan fingerprint density at radius 3 is 2.97 bits per heavy atom. The molecule has 7 nitrogen and oxygen atoms in total. The Labute approximate surface area is 172 Å². The first kappa shape index (κ1) is 18.5. The van der Waals surface area contributed by atoms with Crippen molar-refractivity contribution in [2.75, 3.05) is 5.32 Å². The van der Waals surface area contributed by atoms with Gasteiger partial charge in [0.25, 0.3) is 5.91 Å². The minimum Gasteiger partial charge on any atom is -0.339 e. The van der Waals surface area contributed by atoms with E-state index in [1.54, 1.807) is 16.8 Å². The van der Waals surface area contributed by atoms with Gasteiger partial charge in [-0.1, -0.05) is 36.4 Å². The monoisotopic (exact) mass is 405 g/mol. The van der Waals surface area contributed by atoms with Gasteiger partial charge in [-0.25, -0.2) is 9.37 Å². The van der Waals surface area contributed by atoms with E-state index in [1.807, 2.05) is 43.5 Å². The van der Waals surface area contributed by atoms with Crippen LogP contribution in [-0.2, 0) is 0 Å². The van der Waals surface area contributed by atoms with Crippen molar-refractivity contribution < 1.29 is 13.7 Å². The zero-order chi connectivity index (χ0) is 20.8. The zero-order valence-electron chi connectivity index (χ0n) is 16.5. The lowest BCUT2D eigenvalue weighted by Gasteiger charge is -2.10. The van der Waals surface area contributed by atoms with Gasteiger partial charge >= 0.3 is 0 Å². The minimum absolute atomic E-state index is 0.268. The Balaban J connectivity index is 1.40. The average molecular weight is 405 g/mol. The lowest BCUT2D eigenvalue weighted by Crippen LogP contribution is -2.16. The second-order valence-electron chi connectivity index (χ2n) is 7.73. The summed E-state index contributed by atoms with van der Waals surface area (Å²) in [7, 11) is 0. The normalized spacial score (nSPS) is 21.9. The molecule has 1 amide bonds. The van der Waals surface area contributed by atoms with Crippen LogP contribution in [-0.4, -0.2) is 31.8 Å². The molecular formula is C22H20FN5O2. The number of halogens is 1. The Morgan fingerprint density at radius 1 is 1.33 bits per heavy atom. The highest BCUT2D eigenvalue weighted by Crippen LogP contribution is 2.43. The Morgan fingerprint density at radius 2 is 2.17 bits per heavy atom. The predicted octanol–water partition coefficient (Wildman–Crippen LogP) is 4.45. The molecule has 3 aromatic rings. The standard InChI is InChI=1S/C22H20FN5O2/c1-12-3-6-19-24-11-18(28(19)8-7-12)21(29)25-17-9-14(5-4-13(17)2)20-26-22(30-27-20)15-10-16(15)23/h3-9,11-12,15-16H,10H2,1-2H3,(H,25,29)/t12?,15-,16-/m0/s1. The molecule has 1 unspecified atom stereocenters. The lowest BCUT2D eigenvalue weighted by molar-refractivity contribution is 0.102. The number of hydrogen-bond acceptors (Lipinski definition) is 5. The first-order valence-corrected chi connectivity index (χ1v) is 9.83. The highest BCUT2D eigenvalue weighted by molar-refractivity contribution is 6.04. The molecule has 0 saturated heterocycles. The summed E-state index contributed by atoms with van der Waals surface area (Å²) in [6, 6.07) is 5.51. The van der Waals surface area contributed by atoms with Gasteiger partial charge in [0.2, 0.25) is 11.7 Å². The molecule has 1 saturated carbocycles. The molecular weight excluding hydrogens is 385 g/mol. The number of fused-ring (bicyclic) bond motifs is 1. The van der Waals surface area contributed by atoms with E-state index in [0.29, 0.717) is 40.9 Å². The van der Waals surface area contributed by atoms with Crippen molar-refractivity contribution in [2.45, 2.75) is 32.4 Å². The van der Waals surface area contributed by atoms with Crippen LogP contribution in [0.1, 0.15) is 47.0 Å². The van der Waals surface area contributed by atoms with E-state index in [-0.39, 0.29) is 17.7 Å². The number of imidazole rings is 1. The Bertz CT molecular complexity index is 1190. The number of amides is 1. The van der Waals surface area contributed by atoms with Crippen LogP contribution in [0.4, 0.5) is 10.1 Å². The van der Waals surface area contributed by atoms with E-state index in [0.717, 1.165) is 5.56 Å². The van der Waals surface area contributed by atoms with Gasteiger partial charge in [0.1, 0.15) is 17.7 Å². The van der Waals surface area contributed by atoms with Gasteiger partial charge in [0, 0.05) is 17.5 Å². The molecule has 3 heterocycles. The third kappa shape index (κ3) is 3.34. The molecule has 1 aliphatic carbocycles. The number of allylic oxidation sites excluding steroid dienone is 2. The van der Waals surface area contributed by atoms with Gasteiger partial charge in [-0.15, -0.1) is 0 Å². The fourth-order valence-corrected chi connectivity index (χ4v) is 3.35. The van der Waals surface area contributed by atoms with Crippen LogP contribution < -0.4 is 5.32 Å². The summed E-state index contributed by atoms with van der Waals surface area (Å²) in [6.07, 6.45) is 8.89. The van der Waals surface area contributed by atoms with Crippen molar-refractivity contribution in [2.24, 2.45) is 5.92 Å². The van der Waals surface area contributed by atoms with Crippen molar-refractivity contribution >= 4 is 23.9 Å². The van der Waals surface area contributed by atoms with Gasteiger partial charge in [-0.2, -0.15) is 4.98 Å². The van der Waals surface area contributed by atoms with Gasteiger partial charge in [0.05, 0.1) is 12.1 Å². The number of carbonyl (C=O) groups excluding carboxylic acids is 1. The molecule has 1 N–H and O–H groups in total. The number of rotatable bonds is 4. The van der Waals surface area contributed by atoms with Crippen molar-refractivity contribution in [1.82, 2.24) is 19.7 Å². The lowest BCUT2D eigenvalue weighted by atomic mass is 10.1. The Kier molecular flexibility index (Phi) is 4.34. The maximum absolute atomic E-state index is 13.2. The van der Waals surface area contributed by atoms with E-state index in [2.05, 4.69) is 27.4 Å². The van der Waals surface area contributed by atoms with E-state index in [9.17, 15) is 9.18 Å². The Hall–Kier alpha value is -3.55. The predicted molar refractivity (Wildman–Crippen MR) is 110 cm³/mol. The number of nitrogens with zero attached hydrogens (tertiary/aromatic N) is 4. The summed E-state index contributed by atoms with van der Waals surface area (Å²) in [4.78, 5) is 21.6. The highest BCUT2D eigenvalue weighted by Gasteiger charge is 2.43. The van der Waals surface area contributed by atoms with Crippen LogP contribution in [0, 0.1) is 12.8 Å². The molecule has 0 spiro atoms. The molecule has 1 aromatic carbocycles. The van der Waals surface area contributed by atoms with Crippen LogP contribution in [0.3, 0.4) is 0 Å². The summed E-state index contributed by atoms with van der Waals surface area (Å²) in [6.45, 7) is 3.97. The molecule has 8 heteroatoms. The quantitative estimate of drug-likeness (QED) is 0.693. The number of aromatic nitrogens is 4. The average Bonchev–Trinajstić information content (AvgIpc) is 3.15. The van der Waals surface area contributed by atoms with Crippen LogP contribution in [0.5, 0.6) is 0 Å². The van der Waals surface area contributed by atoms with Crippen molar-refractivity contribution in [3.63, 3.8) is 0 Å². The minimum atomic E-state index is -0.899. The molecule has 2 aliphatic rings. The molecule has 1 fully saturated rings. The summed E-state index contributed by atoms with van der Waals surface area (Å²) in [5, 5.41) is 6.91. The second kappa shape index (κ2) is 7.05. The third-order valence-electron chi connectivity index (χ3n) is 5.36. The molecule has 2 aromatic heterocycles. The molecule has 1 aliphatic heterocycles. The number of alkyl halides is 1. The van der Waals surface area contributed by atoms with E-state index in [4.69, 9.17) is 4.52 Å². The zero-order valence-corrected chi connectivity index (χ0v) is 16.5. The maximum atomic E-state index is 13.2. The van der Waals surface area contributed by atoms with Gasteiger partial charge in [-0.05, 0) is 37.0 Å². The van der Waals surface area contributed by atoms with Crippen LogP contribution in [0.25, 0.3) is 23.7 Å². The third-order valence-corrected chi connectivity index (χ3v) is 5.36. The number of nitrogens with one attached hydrogen (secondary N) is 1. The van der Waals surface area contributed by atoms with Crippen molar-refractivity contribution in [3.05, 3.63) is 59.5 Å². The maximum Gasteiger partial charge on any atom is 0.274 e. The molecule has 0 radical (unpaired) electrons. The van der Waals surface area contributed by atoms with Crippen LogP contribution in [0.15, 0.2) is 41.1 Å². The summed E-state index contributed by atoms with van der Waals surface area (Å²) in [5.74, 6) is 1.10. The number of carbonyl (C=O) groups is 1. The number of hydrogen-bond donors (Lipinski definition) is 1. The second-order valence-corrected chi connectivity index (χ2v) is 7.73. The smallest absolute Gasteiger partial charge is 0.274 e. The van der Waals surface area contributed by atoms with Crippen molar-refractivity contribution in [1.29, 1.82) is 0 Å². The first-order valence-electron chi connectivity index (χ1n) is 9.83. The number of aryl methyl sites for hydroxylation is 1. The summed E-state index contributed by atoms with van der Waals surface area (Å²) in [5.41, 5.74) is 2.65. The van der Waals surface area contributed by atoms with Gasteiger partial charge < -0.3 is 9.84 Å². The fraction of sp³-hybridized carbons (Fsp3) is 0.273.